The molecule has 1 unspecified atom stereocenters. The molecule has 1 saturated carbocycles. The highest BCUT2D eigenvalue weighted by atomic mass is 32.1. The number of amides is 2. The van der Waals surface area contributed by atoms with Gasteiger partial charge in [-0.2, -0.15) is 0 Å². The molecule has 1 aliphatic heterocycles. The first-order valence-corrected chi connectivity index (χ1v) is 9.17. The number of aryl methyl sites for hydroxylation is 1. The van der Waals surface area contributed by atoms with E-state index < -0.39 is 0 Å². The predicted molar refractivity (Wildman–Crippen MR) is 90.0 cm³/mol. The highest BCUT2D eigenvalue weighted by molar-refractivity contribution is 7.10. The number of aromatic nitrogens is 1. The Kier molecular flexibility index (Phi) is 3.64. The van der Waals surface area contributed by atoms with Crippen molar-refractivity contribution in [3.8, 4) is 0 Å². The Balaban J connectivity index is 1.57. The van der Waals surface area contributed by atoms with Crippen molar-refractivity contribution in [2.24, 2.45) is 0 Å². The molecule has 6 heteroatoms. The van der Waals surface area contributed by atoms with Crippen molar-refractivity contribution in [2.45, 2.75) is 51.5 Å². The smallest absolute Gasteiger partial charge is 0.322 e. The van der Waals surface area contributed by atoms with Crippen molar-refractivity contribution in [3.05, 3.63) is 33.3 Å². The minimum atomic E-state index is -0.0399. The average Bonchev–Trinajstić information content (AvgIpc) is 3.17. The van der Waals surface area contributed by atoms with Crippen LogP contribution < -0.4 is 5.32 Å². The van der Waals surface area contributed by atoms with Crippen LogP contribution in [0, 0.1) is 6.92 Å². The first-order valence-electron chi connectivity index (χ1n) is 8.29. The molecule has 0 bridgehead atoms. The fraction of sp³-hybridized carbons (Fsp3) is 0.529. The van der Waals surface area contributed by atoms with Crippen molar-refractivity contribution in [1.29, 1.82) is 0 Å². The van der Waals surface area contributed by atoms with E-state index in [1.807, 2.05) is 11.8 Å². The monoisotopic (exact) mass is 331 g/mol. The fourth-order valence-electron chi connectivity index (χ4n) is 3.42. The second-order valence-corrected chi connectivity index (χ2v) is 7.38. The number of anilines is 1. The molecule has 0 radical (unpaired) electrons. The first kappa shape index (κ1) is 14.8. The molecular formula is C17H21N3O2S. The summed E-state index contributed by atoms with van der Waals surface area (Å²) in [4.78, 5) is 16.2. The van der Waals surface area contributed by atoms with Gasteiger partial charge in [-0.25, -0.2) is 4.79 Å². The molecule has 1 fully saturated rings. The Morgan fingerprint density at radius 1 is 1.52 bits per heavy atom. The Morgan fingerprint density at radius 2 is 2.35 bits per heavy atom. The molecule has 2 aromatic rings. The number of urea groups is 1. The molecule has 2 aliphatic rings. The SMILES string of the molecule is CCC1c2ccsc2CCN1C(=O)Nc1c(C)noc1C1CC1. The van der Waals surface area contributed by atoms with E-state index in [0.717, 1.165) is 49.4 Å². The van der Waals surface area contributed by atoms with E-state index in [2.05, 4.69) is 28.8 Å². The van der Waals surface area contributed by atoms with E-state index in [4.69, 9.17) is 4.52 Å². The van der Waals surface area contributed by atoms with Crippen LogP contribution in [0.1, 0.15) is 60.0 Å². The zero-order valence-corrected chi connectivity index (χ0v) is 14.3. The van der Waals surface area contributed by atoms with E-state index in [9.17, 15) is 4.79 Å². The zero-order chi connectivity index (χ0) is 16.0. The molecule has 0 aromatic carbocycles. The van der Waals surface area contributed by atoms with Crippen molar-refractivity contribution in [1.82, 2.24) is 10.1 Å². The topological polar surface area (TPSA) is 58.4 Å². The molecule has 2 amide bonds. The number of fused-ring (bicyclic) bond motifs is 1. The van der Waals surface area contributed by atoms with Crippen LogP contribution in [-0.4, -0.2) is 22.6 Å². The van der Waals surface area contributed by atoms with E-state index in [-0.39, 0.29) is 12.1 Å². The van der Waals surface area contributed by atoms with Gasteiger partial charge in [0.15, 0.2) is 5.76 Å². The number of nitrogens with one attached hydrogen (secondary N) is 1. The standard InChI is InChI=1S/C17H21N3O2S/c1-3-13-12-7-9-23-14(12)6-8-20(13)17(21)18-15-10(2)19-22-16(15)11-4-5-11/h7,9,11,13H,3-6,8H2,1-2H3,(H,18,21). The summed E-state index contributed by atoms with van der Waals surface area (Å²) < 4.78 is 5.42. The number of carbonyl (C=O) groups excluding carboxylic acids is 1. The van der Waals surface area contributed by atoms with Crippen LogP contribution in [0.15, 0.2) is 16.0 Å². The molecule has 5 nitrogen and oxygen atoms in total. The Bertz CT molecular complexity index is 732. The van der Waals surface area contributed by atoms with Gasteiger partial charge in [-0.05, 0) is 49.6 Å². The van der Waals surface area contributed by atoms with Gasteiger partial charge in [0.05, 0.1) is 6.04 Å². The lowest BCUT2D eigenvalue weighted by atomic mass is 9.98. The minimum Gasteiger partial charge on any atom is -0.359 e. The van der Waals surface area contributed by atoms with Gasteiger partial charge in [0.1, 0.15) is 11.4 Å². The minimum absolute atomic E-state index is 0.0399. The Morgan fingerprint density at radius 3 is 3.09 bits per heavy atom. The maximum Gasteiger partial charge on any atom is 0.322 e. The molecule has 0 spiro atoms. The molecule has 23 heavy (non-hydrogen) atoms. The normalized spacial score (nSPS) is 20.4. The summed E-state index contributed by atoms with van der Waals surface area (Å²) in [5.41, 5.74) is 2.85. The lowest BCUT2D eigenvalue weighted by Crippen LogP contribution is -2.42. The summed E-state index contributed by atoms with van der Waals surface area (Å²) in [5.74, 6) is 1.27. The molecule has 2 aromatic heterocycles. The first-order chi connectivity index (χ1) is 11.2. The van der Waals surface area contributed by atoms with Gasteiger partial charge in [0, 0.05) is 17.3 Å². The van der Waals surface area contributed by atoms with E-state index in [1.54, 1.807) is 11.3 Å². The van der Waals surface area contributed by atoms with Crippen molar-refractivity contribution in [3.63, 3.8) is 0 Å². The summed E-state index contributed by atoms with van der Waals surface area (Å²) in [7, 11) is 0. The Labute approximate surface area is 139 Å². The average molecular weight is 331 g/mol. The molecule has 1 N–H and O–H groups in total. The van der Waals surface area contributed by atoms with Crippen molar-refractivity contribution in [2.75, 3.05) is 11.9 Å². The summed E-state index contributed by atoms with van der Waals surface area (Å²) in [5, 5.41) is 9.24. The van der Waals surface area contributed by atoms with Crippen LogP contribution >= 0.6 is 11.3 Å². The largest absolute Gasteiger partial charge is 0.359 e. The van der Waals surface area contributed by atoms with Crippen LogP contribution in [0.5, 0.6) is 0 Å². The number of nitrogens with zero attached hydrogens (tertiary/aromatic N) is 2. The summed E-state index contributed by atoms with van der Waals surface area (Å²) in [6, 6.07) is 2.28. The highest BCUT2D eigenvalue weighted by Gasteiger charge is 2.35. The summed E-state index contributed by atoms with van der Waals surface area (Å²) in [6.45, 7) is 4.79. The third-order valence-corrected chi connectivity index (χ3v) is 5.81. The van der Waals surface area contributed by atoms with Crippen LogP contribution in [0.2, 0.25) is 0 Å². The molecule has 4 rings (SSSR count). The lowest BCUT2D eigenvalue weighted by molar-refractivity contribution is 0.181. The van der Waals surface area contributed by atoms with Crippen molar-refractivity contribution >= 4 is 23.1 Å². The summed E-state index contributed by atoms with van der Waals surface area (Å²) in [6.07, 6.45) is 4.11. The van der Waals surface area contributed by atoms with E-state index in [0.29, 0.717) is 5.92 Å². The maximum absolute atomic E-state index is 12.9. The second-order valence-electron chi connectivity index (χ2n) is 6.38. The summed E-state index contributed by atoms with van der Waals surface area (Å²) >= 11 is 1.80. The van der Waals surface area contributed by atoms with Gasteiger partial charge in [-0.15, -0.1) is 11.3 Å². The second kappa shape index (κ2) is 5.67. The highest BCUT2D eigenvalue weighted by Crippen LogP contribution is 2.44. The van der Waals surface area contributed by atoms with E-state index in [1.165, 1.54) is 10.4 Å². The van der Waals surface area contributed by atoms with Gasteiger partial charge in [-0.3, -0.25) is 0 Å². The van der Waals surface area contributed by atoms with Gasteiger partial charge < -0.3 is 14.7 Å². The van der Waals surface area contributed by atoms with Gasteiger partial charge in [0.25, 0.3) is 0 Å². The number of hydrogen-bond acceptors (Lipinski definition) is 4. The number of thiophene rings is 1. The number of hydrogen-bond donors (Lipinski definition) is 1. The maximum atomic E-state index is 12.9. The quantitative estimate of drug-likeness (QED) is 0.903. The van der Waals surface area contributed by atoms with Crippen LogP contribution in [0.3, 0.4) is 0 Å². The third-order valence-electron chi connectivity index (χ3n) is 4.81. The zero-order valence-electron chi connectivity index (χ0n) is 13.5. The van der Waals surface area contributed by atoms with Gasteiger partial charge in [-0.1, -0.05) is 12.1 Å². The molecular weight excluding hydrogens is 310 g/mol. The van der Waals surface area contributed by atoms with E-state index >= 15 is 0 Å². The Hall–Kier alpha value is -1.82. The number of rotatable bonds is 3. The number of carbonyl (C=O) groups is 1. The van der Waals surface area contributed by atoms with Crippen LogP contribution in [-0.2, 0) is 6.42 Å². The van der Waals surface area contributed by atoms with Crippen LogP contribution in [0.4, 0.5) is 10.5 Å². The fourth-order valence-corrected chi connectivity index (χ4v) is 4.35. The molecule has 1 aliphatic carbocycles. The van der Waals surface area contributed by atoms with Gasteiger partial charge >= 0.3 is 6.03 Å². The van der Waals surface area contributed by atoms with Gasteiger partial charge in [0.2, 0.25) is 0 Å². The van der Waals surface area contributed by atoms with Crippen LogP contribution in [0.25, 0.3) is 0 Å². The molecule has 1 atom stereocenters. The third kappa shape index (κ3) is 2.55. The molecule has 3 heterocycles. The predicted octanol–water partition coefficient (Wildman–Crippen LogP) is 4.46. The molecule has 0 saturated heterocycles. The van der Waals surface area contributed by atoms with Crippen molar-refractivity contribution < 1.29 is 9.32 Å². The lowest BCUT2D eigenvalue weighted by Gasteiger charge is -2.35. The molecule has 122 valence electrons.